The van der Waals surface area contributed by atoms with E-state index in [1.54, 1.807) is 25.3 Å². The highest BCUT2D eigenvalue weighted by Gasteiger charge is 2.29. The fourth-order valence-corrected chi connectivity index (χ4v) is 3.36. The van der Waals surface area contributed by atoms with E-state index in [0.717, 1.165) is 32.1 Å². The lowest BCUT2D eigenvalue weighted by molar-refractivity contribution is -0.114. The SMILES string of the molecule is CC(=O)Nc1cc(Nc2cc(C)nc(C(C)(F)F)n2)c(-c2cn3c(n2)CCC3)cn1. The number of halogens is 2. The lowest BCUT2D eigenvalue weighted by Crippen LogP contribution is -2.14. The summed E-state index contributed by atoms with van der Waals surface area (Å²) in [5.41, 5.74) is 2.32. The largest absolute Gasteiger partial charge is 0.339 e. The van der Waals surface area contributed by atoms with Crippen molar-refractivity contribution in [2.75, 3.05) is 10.6 Å². The number of pyridine rings is 1. The van der Waals surface area contributed by atoms with Crippen LogP contribution in [0.25, 0.3) is 11.3 Å². The van der Waals surface area contributed by atoms with Crippen molar-refractivity contribution < 1.29 is 13.6 Å². The first-order chi connectivity index (χ1) is 14.2. The van der Waals surface area contributed by atoms with Gasteiger partial charge in [0.25, 0.3) is 0 Å². The monoisotopic (exact) mass is 413 g/mol. The highest BCUT2D eigenvalue weighted by molar-refractivity contribution is 5.89. The van der Waals surface area contributed by atoms with Crippen molar-refractivity contribution in [2.45, 2.75) is 46.1 Å². The van der Waals surface area contributed by atoms with Crippen molar-refractivity contribution in [3.63, 3.8) is 0 Å². The number of aryl methyl sites for hydroxylation is 3. The van der Waals surface area contributed by atoms with Gasteiger partial charge in [-0.1, -0.05) is 0 Å². The molecular formula is C20H21F2N7O. The van der Waals surface area contributed by atoms with Gasteiger partial charge >= 0.3 is 5.92 Å². The molecule has 3 aromatic heterocycles. The number of aromatic nitrogens is 5. The molecule has 0 aliphatic carbocycles. The second-order valence-electron chi connectivity index (χ2n) is 7.37. The Morgan fingerprint density at radius 2 is 2.00 bits per heavy atom. The van der Waals surface area contributed by atoms with Crippen LogP contribution in [0, 0.1) is 6.92 Å². The van der Waals surface area contributed by atoms with Crippen LogP contribution >= 0.6 is 0 Å². The molecule has 0 aromatic carbocycles. The van der Waals surface area contributed by atoms with Crippen molar-refractivity contribution in [3.05, 3.63) is 41.9 Å². The molecule has 0 spiro atoms. The number of anilines is 3. The van der Waals surface area contributed by atoms with Gasteiger partial charge < -0.3 is 15.2 Å². The molecule has 2 N–H and O–H groups in total. The summed E-state index contributed by atoms with van der Waals surface area (Å²) in [7, 11) is 0. The molecule has 8 nitrogen and oxygen atoms in total. The Labute approximate surface area is 171 Å². The van der Waals surface area contributed by atoms with Crippen LogP contribution in [0.15, 0.2) is 24.5 Å². The van der Waals surface area contributed by atoms with Gasteiger partial charge in [-0.3, -0.25) is 4.79 Å². The molecule has 1 aliphatic heterocycles. The number of rotatable bonds is 5. The Bertz CT molecular complexity index is 1100. The number of hydrogen-bond donors (Lipinski definition) is 2. The minimum absolute atomic E-state index is 0.215. The van der Waals surface area contributed by atoms with E-state index in [-0.39, 0.29) is 11.7 Å². The minimum Gasteiger partial charge on any atom is -0.339 e. The van der Waals surface area contributed by atoms with E-state index >= 15 is 0 Å². The molecule has 3 aromatic rings. The van der Waals surface area contributed by atoms with E-state index in [1.807, 2.05) is 6.20 Å². The predicted molar refractivity (Wildman–Crippen MR) is 108 cm³/mol. The number of nitrogens with one attached hydrogen (secondary N) is 2. The highest BCUT2D eigenvalue weighted by Crippen LogP contribution is 2.33. The number of hydrogen-bond acceptors (Lipinski definition) is 6. The average molecular weight is 413 g/mol. The van der Waals surface area contributed by atoms with Crippen LogP contribution in [-0.4, -0.2) is 30.4 Å². The maximum atomic E-state index is 13.8. The number of carbonyl (C=O) groups is 1. The second kappa shape index (κ2) is 7.43. The van der Waals surface area contributed by atoms with E-state index in [4.69, 9.17) is 0 Å². The summed E-state index contributed by atoms with van der Waals surface area (Å²) in [6, 6.07) is 3.20. The Morgan fingerprint density at radius 3 is 2.70 bits per heavy atom. The van der Waals surface area contributed by atoms with Crippen LogP contribution in [0.3, 0.4) is 0 Å². The first-order valence-corrected chi connectivity index (χ1v) is 9.54. The van der Waals surface area contributed by atoms with Gasteiger partial charge in [0.2, 0.25) is 11.7 Å². The Morgan fingerprint density at radius 1 is 1.20 bits per heavy atom. The summed E-state index contributed by atoms with van der Waals surface area (Å²) >= 11 is 0. The molecule has 0 atom stereocenters. The summed E-state index contributed by atoms with van der Waals surface area (Å²) in [6.07, 6.45) is 5.50. The molecule has 1 amide bonds. The summed E-state index contributed by atoms with van der Waals surface area (Å²) in [5, 5.41) is 5.70. The quantitative estimate of drug-likeness (QED) is 0.660. The van der Waals surface area contributed by atoms with Gasteiger partial charge in [-0.15, -0.1) is 0 Å². The third kappa shape index (κ3) is 4.12. The summed E-state index contributed by atoms with van der Waals surface area (Å²) in [4.78, 5) is 28.2. The fourth-order valence-electron chi connectivity index (χ4n) is 3.36. The second-order valence-corrected chi connectivity index (χ2v) is 7.37. The van der Waals surface area contributed by atoms with Crippen LogP contribution in [0.5, 0.6) is 0 Å². The Balaban J connectivity index is 1.76. The smallest absolute Gasteiger partial charge is 0.303 e. The maximum Gasteiger partial charge on any atom is 0.303 e. The van der Waals surface area contributed by atoms with Gasteiger partial charge in [-0.2, -0.15) is 8.78 Å². The summed E-state index contributed by atoms with van der Waals surface area (Å²) in [5.74, 6) is -2.47. The van der Waals surface area contributed by atoms with Crippen LogP contribution in [0.4, 0.5) is 26.1 Å². The van der Waals surface area contributed by atoms with Crippen molar-refractivity contribution in [1.82, 2.24) is 24.5 Å². The van der Waals surface area contributed by atoms with Gasteiger partial charge in [0.15, 0.2) is 0 Å². The zero-order chi connectivity index (χ0) is 21.5. The Hall–Kier alpha value is -3.43. The molecule has 0 unspecified atom stereocenters. The number of alkyl halides is 2. The van der Waals surface area contributed by atoms with Crippen molar-refractivity contribution in [2.24, 2.45) is 0 Å². The number of fused-ring (bicyclic) bond motifs is 1. The Kier molecular flexibility index (Phi) is 4.92. The third-order valence-electron chi connectivity index (χ3n) is 4.65. The molecule has 30 heavy (non-hydrogen) atoms. The molecule has 156 valence electrons. The third-order valence-corrected chi connectivity index (χ3v) is 4.65. The normalized spacial score (nSPS) is 13.2. The van der Waals surface area contributed by atoms with Gasteiger partial charge in [-0.25, -0.2) is 19.9 Å². The van der Waals surface area contributed by atoms with E-state index in [1.165, 1.54) is 6.92 Å². The van der Waals surface area contributed by atoms with Crippen LogP contribution in [0.2, 0.25) is 0 Å². The number of carbonyl (C=O) groups excluding carboxylic acids is 1. The predicted octanol–water partition coefficient (Wildman–Crippen LogP) is 3.80. The van der Waals surface area contributed by atoms with Crippen LogP contribution < -0.4 is 10.6 Å². The van der Waals surface area contributed by atoms with Gasteiger partial charge in [0.1, 0.15) is 17.5 Å². The lowest BCUT2D eigenvalue weighted by Gasteiger charge is -2.15. The van der Waals surface area contributed by atoms with E-state index in [2.05, 4.69) is 35.1 Å². The highest BCUT2D eigenvalue weighted by atomic mass is 19.3. The molecule has 1 aliphatic rings. The van der Waals surface area contributed by atoms with Gasteiger partial charge in [-0.05, 0) is 13.3 Å². The maximum absolute atomic E-state index is 13.8. The molecule has 0 saturated carbocycles. The molecule has 0 saturated heterocycles. The molecule has 0 bridgehead atoms. The zero-order valence-corrected chi connectivity index (χ0v) is 16.8. The number of nitrogens with zero attached hydrogens (tertiary/aromatic N) is 5. The fraction of sp³-hybridized carbons (Fsp3) is 0.350. The molecule has 10 heteroatoms. The van der Waals surface area contributed by atoms with Crippen molar-refractivity contribution in [3.8, 4) is 11.3 Å². The first kappa shape index (κ1) is 19.9. The van der Waals surface area contributed by atoms with E-state index < -0.39 is 11.7 Å². The van der Waals surface area contributed by atoms with Crippen LogP contribution in [-0.2, 0) is 23.7 Å². The van der Waals surface area contributed by atoms with Crippen molar-refractivity contribution >= 4 is 23.2 Å². The lowest BCUT2D eigenvalue weighted by atomic mass is 10.1. The minimum atomic E-state index is -3.17. The standard InChI is InChI=1S/C20H21F2N7O/c1-11-7-17(28-19(24-11)20(3,21)22)26-14-8-16(25-12(2)30)23-9-13(14)15-10-29-6-4-5-18(29)27-15/h7-10H,4-6H2,1-3H3,(H2,23,24,25,26,28,30). The summed E-state index contributed by atoms with van der Waals surface area (Å²) in [6.45, 7) is 4.66. The summed E-state index contributed by atoms with van der Waals surface area (Å²) < 4.78 is 29.6. The molecule has 0 fully saturated rings. The topological polar surface area (TPSA) is 97.6 Å². The molecule has 4 rings (SSSR count). The molecular weight excluding hydrogens is 392 g/mol. The first-order valence-electron chi connectivity index (χ1n) is 9.54. The number of amides is 1. The molecule has 0 radical (unpaired) electrons. The molecule has 4 heterocycles. The van der Waals surface area contributed by atoms with Gasteiger partial charge in [0, 0.05) is 62.6 Å². The van der Waals surface area contributed by atoms with Crippen molar-refractivity contribution in [1.29, 1.82) is 0 Å². The van der Waals surface area contributed by atoms with Crippen LogP contribution in [0.1, 0.15) is 37.6 Å². The van der Waals surface area contributed by atoms with Gasteiger partial charge in [0.05, 0.1) is 11.4 Å². The van der Waals surface area contributed by atoms with E-state index in [0.29, 0.717) is 28.5 Å². The average Bonchev–Trinajstić information content (AvgIpc) is 3.22. The van der Waals surface area contributed by atoms with E-state index in [9.17, 15) is 13.6 Å². The number of imidazole rings is 1. The zero-order valence-electron chi connectivity index (χ0n) is 16.8.